The Morgan fingerprint density at radius 1 is 1.07 bits per heavy atom. The van der Waals surface area contributed by atoms with Crippen LogP contribution in [0.2, 0.25) is 0 Å². The Bertz CT molecular complexity index is 1820. The molecule has 2 aliphatic rings. The van der Waals surface area contributed by atoms with Crippen molar-refractivity contribution >= 4 is 55.6 Å². The maximum Gasteiger partial charge on any atom is 0.323 e. The third kappa shape index (κ3) is 6.12. The lowest BCUT2D eigenvalue weighted by Gasteiger charge is -2.32. The number of carboxylic acid groups (broad SMARTS) is 1. The topological polar surface area (TPSA) is 184 Å². The molecule has 2 aliphatic heterocycles. The summed E-state index contributed by atoms with van der Waals surface area (Å²) in [4.78, 5) is 44.4. The minimum atomic E-state index is -4.15. The van der Waals surface area contributed by atoms with Crippen LogP contribution in [0.25, 0.3) is 21.9 Å². The van der Waals surface area contributed by atoms with Gasteiger partial charge in [0.1, 0.15) is 12.4 Å². The van der Waals surface area contributed by atoms with E-state index in [2.05, 4.69) is 35.3 Å². The van der Waals surface area contributed by atoms with Crippen molar-refractivity contribution in [3.8, 4) is 0 Å². The molecule has 1 saturated heterocycles. The van der Waals surface area contributed by atoms with Gasteiger partial charge < -0.3 is 19.9 Å². The Morgan fingerprint density at radius 2 is 1.86 bits per heavy atom. The van der Waals surface area contributed by atoms with Gasteiger partial charge in [0, 0.05) is 32.1 Å². The van der Waals surface area contributed by atoms with Gasteiger partial charge in [-0.15, -0.1) is 0 Å². The number of benzene rings is 2. The molecule has 0 spiro atoms. The minimum Gasteiger partial charge on any atom is -0.480 e. The number of hydrogen-bond donors (Lipinski definition) is 4. The fourth-order valence-electron chi connectivity index (χ4n) is 5.37. The number of fused-ring (bicyclic) bond motifs is 2. The van der Waals surface area contributed by atoms with E-state index in [9.17, 15) is 23.1 Å². The number of rotatable bonds is 8. The van der Waals surface area contributed by atoms with E-state index >= 15 is 0 Å². The number of nitrogens with zero attached hydrogens (tertiary/aromatic N) is 6. The van der Waals surface area contributed by atoms with Crippen molar-refractivity contribution in [3.05, 3.63) is 55.1 Å². The van der Waals surface area contributed by atoms with Gasteiger partial charge in [-0.3, -0.25) is 19.9 Å². The van der Waals surface area contributed by atoms with Crippen LogP contribution in [0.5, 0.6) is 0 Å². The molecular formula is C28H31N9O5S. The number of aliphatic imine (C=N–C) groups is 1. The molecule has 43 heavy (non-hydrogen) atoms. The molecule has 0 aliphatic carbocycles. The first-order chi connectivity index (χ1) is 20.8. The first-order valence-corrected chi connectivity index (χ1v) is 15.5. The van der Waals surface area contributed by atoms with Crippen LogP contribution in [0.3, 0.4) is 0 Å². The number of carbonyl (C=O) groups is 2. The van der Waals surface area contributed by atoms with Gasteiger partial charge in [-0.1, -0.05) is 30.3 Å². The van der Waals surface area contributed by atoms with Crippen molar-refractivity contribution in [1.29, 1.82) is 0 Å². The van der Waals surface area contributed by atoms with Crippen molar-refractivity contribution in [2.45, 2.75) is 36.7 Å². The number of aromatic nitrogens is 4. The fourth-order valence-corrected chi connectivity index (χ4v) is 6.59. The van der Waals surface area contributed by atoms with Crippen LogP contribution in [-0.2, 0) is 26.2 Å². The second kappa shape index (κ2) is 11.9. The van der Waals surface area contributed by atoms with Crippen LogP contribution < -0.4 is 20.3 Å². The standard InChI is InChI=1S/C28H31N9O5S/c38-26(34-28-29-10-3-11-30-28)19-8-12-36(13-9-19)24-23-25(32-16-31-24)37(17-33-23)15-22(27(39)40)35-43(41,42)21-7-6-18-4-1-2-5-20(18)14-21/h1-2,4-7,14,16-17,19,22,35H,3,8-13,15H2,(H,39,40)(H2,29,30,34,38)/t22-/m0/s1. The molecule has 2 aromatic carbocycles. The lowest BCUT2D eigenvalue weighted by atomic mass is 9.96. The molecule has 4 N–H and O–H groups in total. The number of imidazole rings is 1. The maximum atomic E-state index is 13.2. The summed E-state index contributed by atoms with van der Waals surface area (Å²) < 4.78 is 30.1. The predicted molar refractivity (Wildman–Crippen MR) is 159 cm³/mol. The highest BCUT2D eigenvalue weighted by Crippen LogP contribution is 2.27. The highest BCUT2D eigenvalue weighted by atomic mass is 32.2. The molecule has 1 atom stereocenters. The SMILES string of the molecule is O=C(NC1=NCCCN1)C1CCN(c2ncnc3c2ncn3C[C@H](NS(=O)(=O)c2ccc3ccccc3c2)C(=O)O)CC1. The zero-order chi connectivity index (χ0) is 30.0. The number of sulfonamides is 1. The smallest absolute Gasteiger partial charge is 0.323 e. The predicted octanol–water partition coefficient (Wildman–Crippen LogP) is 1.09. The number of aliphatic carboxylic acids is 1. The van der Waals surface area contributed by atoms with Crippen LogP contribution >= 0.6 is 0 Å². The van der Waals surface area contributed by atoms with Gasteiger partial charge in [0.2, 0.25) is 15.9 Å². The van der Waals surface area contributed by atoms with Crippen LogP contribution in [0, 0.1) is 5.92 Å². The van der Waals surface area contributed by atoms with Crippen molar-refractivity contribution in [2.75, 3.05) is 31.1 Å². The number of hydrogen-bond acceptors (Lipinski definition) is 10. The van der Waals surface area contributed by atoms with E-state index in [1.54, 1.807) is 18.2 Å². The molecule has 4 aromatic rings. The number of amides is 1. The van der Waals surface area contributed by atoms with Gasteiger partial charge >= 0.3 is 5.97 Å². The zero-order valence-electron chi connectivity index (χ0n) is 23.2. The summed E-state index contributed by atoms with van der Waals surface area (Å²) in [6.07, 6.45) is 4.97. The monoisotopic (exact) mass is 605 g/mol. The van der Waals surface area contributed by atoms with E-state index in [4.69, 9.17) is 0 Å². The highest BCUT2D eigenvalue weighted by Gasteiger charge is 2.30. The molecule has 6 rings (SSSR count). The first-order valence-electron chi connectivity index (χ1n) is 14.0. The number of carboxylic acids is 1. The molecule has 0 unspecified atom stereocenters. The summed E-state index contributed by atoms with van der Waals surface area (Å²) in [6, 6.07) is 10.5. The molecule has 15 heteroatoms. The average Bonchev–Trinajstić information content (AvgIpc) is 3.43. The summed E-state index contributed by atoms with van der Waals surface area (Å²) in [6.45, 7) is 2.38. The fraction of sp³-hybridized carbons (Fsp3) is 0.357. The van der Waals surface area contributed by atoms with Crippen molar-refractivity contribution in [1.82, 2.24) is 34.9 Å². The number of carbonyl (C=O) groups excluding carboxylic acids is 1. The van der Waals surface area contributed by atoms with E-state index in [1.165, 1.54) is 29.4 Å². The van der Waals surface area contributed by atoms with Gasteiger partial charge in [0.25, 0.3) is 0 Å². The summed E-state index contributed by atoms with van der Waals surface area (Å²) in [5.74, 6) is -0.457. The van der Waals surface area contributed by atoms with Gasteiger partial charge in [-0.2, -0.15) is 4.72 Å². The van der Waals surface area contributed by atoms with Crippen LogP contribution in [0.4, 0.5) is 5.82 Å². The largest absolute Gasteiger partial charge is 0.480 e. The van der Waals surface area contributed by atoms with Crippen molar-refractivity contribution in [2.24, 2.45) is 10.9 Å². The van der Waals surface area contributed by atoms with Gasteiger partial charge in [0.15, 0.2) is 22.9 Å². The third-order valence-electron chi connectivity index (χ3n) is 7.69. The number of guanidine groups is 1. The second-order valence-corrected chi connectivity index (χ2v) is 12.3. The van der Waals surface area contributed by atoms with Crippen LogP contribution in [0.15, 0.2) is 65.0 Å². The maximum absolute atomic E-state index is 13.2. The third-order valence-corrected chi connectivity index (χ3v) is 9.16. The molecule has 4 heterocycles. The van der Waals surface area contributed by atoms with E-state index in [1.807, 2.05) is 17.0 Å². The quantitative estimate of drug-likeness (QED) is 0.227. The number of nitrogens with one attached hydrogen (secondary N) is 3. The molecule has 14 nitrogen and oxygen atoms in total. The van der Waals surface area contributed by atoms with Crippen LogP contribution in [-0.4, -0.2) is 83.1 Å². The summed E-state index contributed by atoms with van der Waals surface area (Å²) in [5.41, 5.74) is 0.843. The molecular weight excluding hydrogens is 574 g/mol. The molecule has 1 amide bonds. The summed E-state index contributed by atoms with van der Waals surface area (Å²) >= 11 is 0. The minimum absolute atomic E-state index is 0.0300. The number of piperidine rings is 1. The Kier molecular flexibility index (Phi) is 7.90. The molecule has 0 saturated carbocycles. The molecule has 0 bridgehead atoms. The van der Waals surface area contributed by atoms with E-state index in [0.717, 1.165) is 23.7 Å². The Hall–Kier alpha value is -4.63. The number of anilines is 1. The summed E-state index contributed by atoms with van der Waals surface area (Å²) in [7, 11) is -4.15. The molecule has 1 fully saturated rings. The molecule has 224 valence electrons. The van der Waals surface area contributed by atoms with E-state index < -0.39 is 22.0 Å². The summed E-state index contributed by atoms with van der Waals surface area (Å²) in [5, 5.41) is 17.5. The normalized spacial score (nSPS) is 16.9. The average molecular weight is 606 g/mol. The Morgan fingerprint density at radius 3 is 2.60 bits per heavy atom. The first kappa shape index (κ1) is 28.5. The Balaban J connectivity index is 1.15. The lowest BCUT2D eigenvalue weighted by molar-refractivity contribution is -0.139. The molecule has 0 radical (unpaired) electrons. The van der Waals surface area contributed by atoms with Gasteiger partial charge in [0.05, 0.1) is 17.8 Å². The van der Waals surface area contributed by atoms with E-state index in [-0.39, 0.29) is 23.3 Å². The second-order valence-electron chi connectivity index (χ2n) is 10.5. The van der Waals surface area contributed by atoms with Gasteiger partial charge in [-0.05, 0) is 42.2 Å². The van der Waals surface area contributed by atoms with Gasteiger partial charge in [-0.25, -0.2) is 23.4 Å². The van der Waals surface area contributed by atoms with E-state index in [0.29, 0.717) is 55.4 Å². The highest BCUT2D eigenvalue weighted by molar-refractivity contribution is 7.89. The van der Waals surface area contributed by atoms with Crippen molar-refractivity contribution < 1.29 is 23.1 Å². The molecule has 2 aromatic heterocycles. The van der Waals surface area contributed by atoms with Crippen molar-refractivity contribution in [3.63, 3.8) is 0 Å². The zero-order valence-corrected chi connectivity index (χ0v) is 24.0. The Labute approximate surface area is 247 Å². The van der Waals surface area contributed by atoms with Crippen LogP contribution in [0.1, 0.15) is 19.3 Å². The lowest BCUT2D eigenvalue weighted by Crippen LogP contribution is -2.48.